The molecule has 3 aromatic rings. The summed E-state index contributed by atoms with van der Waals surface area (Å²) in [5, 5.41) is 7.23. The van der Waals surface area contributed by atoms with Crippen molar-refractivity contribution in [2.24, 2.45) is 0 Å². The molecule has 3 rings (SSSR count). The fourth-order valence-electron chi connectivity index (χ4n) is 2.20. The first-order valence-electron chi connectivity index (χ1n) is 7.75. The normalized spacial score (nSPS) is 10.4. The lowest BCUT2D eigenvalue weighted by atomic mass is 10.1. The Morgan fingerprint density at radius 2 is 1.75 bits per heavy atom. The number of hydrogen-bond acceptors (Lipinski definition) is 5. The van der Waals surface area contributed by atoms with Gasteiger partial charge >= 0.3 is 0 Å². The van der Waals surface area contributed by atoms with Gasteiger partial charge in [0.2, 0.25) is 5.95 Å². The van der Waals surface area contributed by atoms with Crippen molar-refractivity contribution in [1.82, 2.24) is 15.0 Å². The van der Waals surface area contributed by atoms with Crippen molar-refractivity contribution in [1.29, 1.82) is 0 Å². The maximum absolute atomic E-state index is 5.89. The lowest BCUT2D eigenvalue weighted by Crippen LogP contribution is -2.09. The smallest absolute Gasteiger partial charge is 0.224 e. The Morgan fingerprint density at radius 1 is 0.875 bits per heavy atom. The second-order valence-corrected chi connectivity index (χ2v) is 5.68. The maximum atomic E-state index is 5.89. The van der Waals surface area contributed by atoms with Gasteiger partial charge in [-0.1, -0.05) is 29.8 Å². The van der Waals surface area contributed by atoms with Crippen LogP contribution in [0, 0.1) is 0 Å². The molecule has 2 heterocycles. The molecule has 24 heavy (non-hydrogen) atoms. The predicted octanol–water partition coefficient (Wildman–Crippen LogP) is 3.79. The van der Waals surface area contributed by atoms with Crippen LogP contribution in [0.4, 0.5) is 11.8 Å². The van der Waals surface area contributed by atoms with E-state index in [2.05, 4.69) is 25.6 Å². The molecular weight excluding hydrogens is 322 g/mol. The zero-order valence-corrected chi connectivity index (χ0v) is 13.9. The van der Waals surface area contributed by atoms with Gasteiger partial charge in [-0.25, -0.2) is 4.98 Å². The first kappa shape index (κ1) is 16.2. The second kappa shape index (κ2) is 8.26. The summed E-state index contributed by atoms with van der Waals surface area (Å²) in [5.41, 5.74) is 2.18. The molecule has 0 fully saturated rings. The van der Waals surface area contributed by atoms with Crippen molar-refractivity contribution in [3.8, 4) is 0 Å². The maximum Gasteiger partial charge on any atom is 0.224 e. The third kappa shape index (κ3) is 4.93. The first-order chi connectivity index (χ1) is 11.8. The monoisotopic (exact) mass is 339 g/mol. The number of pyridine rings is 1. The summed E-state index contributed by atoms with van der Waals surface area (Å²) in [6, 6.07) is 15.5. The van der Waals surface area contributed by atoms with E-state index in [1.54, 1.807) is 12.4 Å². The molecule has 0 aliphatic heterocycles. The van der Waals surface area contributed by atoms with Crippen LogP contribution in [-0.4, -0.2) is 21.5 Å². The summed E-state index contributed by atoms with van der Waals surface area (Å²) in [4.78, 5) is 13.0. The molecule has 0 bridgehead atoms. The summed E-state index contributed by atoms with van der Waals surface area (Å²) in [6.07, 6.45) is 4.39. The van der Waals surface area contributed by atoms with E-state index < -0.39 is 0 Å². The van der Waals surface area contributed by atoms with Crippen LogP contribution in [0.25, 0.3) is 0 Å². The van der Waals surface area contributed by atoms with Gasteiger partial charge in [-0.2, -0.15) is 4.98 Å². The molecule has 5 nitrogen and oxygen atoms in total. The van der Waals surface area contributed by atoms with Gasteiger partial charge in [0, 0.05) is 24.0 Å². The van der Waals surface area contributed by atoms with Crippen molar-refractivity contribution < 1.29 is 0 Å². The van der Waals surface area contributed by atoms with E-state index in [4.69, 9.17) is 11.6 Å². The molecule has 0 atom stereocenters. The third-order valence-electron chi connectivity index (χ3n) is 3.44. The van der Waals surface area contributed by atoms with Crippen LogP contribution in [-0.2, 0) is 13.0 Å². The fraction of sp³-hybridized carbons (Fsp3) is 0.167. The molecule has 0 saturated heterocycles. The highest BCUT2D eigenvalue weighted by atomic mass is 35.5. The molecule has 0 spiro atoms. The molecule has 122 valence electrons. The zero-order chi connectivity index (χ0) is 16.6. The van der Waals surface area contributed by atoms with Crippen LogP contribution in [0.15, 0.2) is 60.9 Å². The number of halogens is 1. The highest BCUT2D eigenvalue weighted by molar-refractivity contribution is 6.30. The number of hydrogen-bond donors (Lipinski definition) is 2. The second-order valence-electron chi connectivity index (χ2n) is 5.24. The molecule has 2 aromatic heterocycles. The average molecular weight is 340 g/mol. The fourth-order valence-corrected chi connectivity index (χ4v) is 2.32. The Labute approximate surface area is 146 Å². The molecule has 1 aromatic carbocycles. The minimum atomic E-state index is 0.606. The van der Waals surface area contributed by atoms with E-state index in [-0.39, 0.29) is 0 Å². The number of nitrogens with zero attached hydrogens (tertiary/aromatic N) is 3. The Morgan fingerprint density at radius 3 is 2.54 bits per heavy atom. The standard InChI is InChI=1S/C18H18ClN5/c19-15-6-4-14(5-7-15)8-11-21-18-22-12-9-17(24-18)23-13-16-3-1-2-10-20-16/h1-7,9-10,12H,8,11,13H2,(H2,21,22,23,24). The van der Waals surface area contributed by atoms with Crippen LogP contribution in [0.2, 0.25) is 5.02 Å². The number of nitrogens with one attached hydrogen (secondary N) is 2. The molecule has 0 radical (unpaired) electrons. The van der Waals surface area contributed by atoms with Crippen molar-refractivity contribution in [3.63, 3.8) is 0 Å². The van der Waals surface area contributed by atoms with E-state index in [0.29, 0.717) is 12.5 Å². The van der Waals surface area contributed by atoms with E-state index in [1.165, 1.54) is 5.56 Å². The summed E-state index contributed by atoms with van der Waals surface area (Å²) >= 11 is 5.89. The topological polar surface area (TPSA) is 62.7 Å². The van der Waals surface area contributed by atoms with Gasteiger partial charge in [0.1, 0.15) is 5.82 Å². The number of aromatic nitrogens is 3. The molecule has 6 heteroatoms. The SMILES string of the molecule is Clc1ccc(CCNc2nccc(NCc3ccccn3)n2)cc1. The number of rotatable bonds is 7. The Hall–Kier alpha value is -2.66. The molecule has 0 saturated carbocycles. The molecular formula is C18H18ClN5. The van der Waals surface area contributed by atoms with Gasteiger partial charge < -0.3 is 10.6 Å². The van der Waals surface area contributed by atoms with Gasteiger partial charge in [0.15, 0.2) is 0 Å². The zero-order valence-electron chi connectivity index (χ0n) is 13.1. The number of anilines is 2. The van der Waals surface area contributed by atoms with Gasteiger partial charge in [0.25, 0.3) is 0 Å². The lowest BCUT2D eigenvalue weighted by Gasteiger charge is -2.08. The van der Waals surface area contributed by atoms with Crippen molar-refractivity contribution in [3.05, 3.63) is 77.2 Å². The Bertz CT molecular complexity index is 762. The predicted molar refractivity (Wildman–Crippen MR) is 97.2 cm³/mol. The summed E-state index contributed by atoms with van der Waals surface area (Å²) < 4.78 is 0. The van der Waals surface area contributed by atoms with E-state index in [9.17, 15) is 0 Å². The van der Waals surface area contributed by atoms with Gasteiger partial charge in [0.05, 0.1) is 12.2 Å². The number of benzene rings is 1. The van der Waals surface area contributed by atoms with Gasteiger partial charge in [-0.3, -0.25) is 4.98 Å². The van der Waals surface area contributed by atoms with Gasteiger partial charge in [-0.15, -0.1) is 0 Å². The quantitative estimate of drug-likeness (QED) is 0.685. The average Bonchev–Trinajstić information content (AvgIpc) is 2.63. The molecule has 0 unspecified atom stereocenters. The highest BCUT2D eigenvalue weighted by Crippen LogP contribution is 2.11. The van der Waals surface area contributed by atoms with Crippen molar-refractivity contribution >= 4 is 23.4 Å². The summed E-state index contributed by atoms with van der Waals surface area (Å²) in [7, 11) is 0. The van der Waals surface area contributed by atoms with E-state index in [1.807, 2.05) is 48.5 Å². The minimum absolute atomic E-state index is 0.606. The molecule has 0 aliphatic carbocycles. The lowest BCUT2D eigenvalue weighted by molar-refractivity contribution is 0.974. The van der Waals surface area contributed by atoms with Crippen LogP contribution < -0.4 is 10.6 Å². The van der Waals surface area contributed by atoms with Gasteiger partial charge in [-0.05, 0) is 42.3 Å². The Balaban J connectivity index is 1.50. The van der Waals surface area contributed by atoms with E-state index in [0.717, 1.165) is 29.5 Å². The van der Waals surface area contributed by atoms with Crippen LogP contribution in [0.1, 0.15) is 11.3 Å². The summed E-state index contributed by atoms with van der Waals surface area (Å²) in [5.74, 6) is 1.37. The van der Waals surface area contributed by atoms with Crippen molar-refractivity contribution in [2.45, 2.75) is 13.0 Å². The highest BCUT2D eigenvalue weighted by Gasteiger charge is 2.00. The van der Waals surface area contributed by atoms with Crippen molar-refractivity contribution in [2.75, 3.05) is 17.2 Å². The van der Waals surface area contributed by atoms with Crippen LogP contribution in [0.3, 0.4) is 0 Å². The third-order valence-corrected chi connectivity index (χ3v) is 3.69. The van der Waals surface area contributed by atoms with E-state index >= 15 is 0 Å². The molecule has 0 amide bonds. The molecule has 2 N–H and O–H groups in total. The minimum Gasteiger partial charge on any atom is -0.364 e. The largest absolute Gasteiger partial charge is 0.364 e. The van der Waals surface area contributed by atoms with Crippen LogP contribution >= 0.6 is 11.6 Å². The van der Waals surface area contributed by atoms with Crippen LogP contribution in [0.5, 0.6) is 0 Å². The first-order valence-corrected chi connectivity index (χ1v) is 8.12. The summed E-state index contributed by atoms with van der Waals surface area (Å²) in [6.45, 7) is 1.38. The molecule has 0 aliphatic rings. The Kier molecular flexibility index (Phi) is 5.58.